The zero-order valence-electron chi connectivity index (χ0n) is 53.3. The summed E-state index contributed by atoms with van der Waals surface area (Å²) in [5, 5.41) is 10.8. The van der Waals surface area contributed by atoms with Gasteiger partial charge in [0, 0.05) is 78.2 Å². The van der Waals surface area contributed by atoms with Gasteiger partial charge in [0.1, 0.15) is 57.4 Å². The largest absolute Gasteiger partial charge is 0.460 e. The van der Waals surface area contributed by atoms with Crippen molar-refractivity contribution in [2.75, 3.05) is 58.9 Å². The van der Waals surface area contributed by atoms with Crippen molar-refractivity contribution in [1.29, 1.82) is 0 Å². The van der Waals surface area contributed by atoms with E-state index >= 15 is 0 Å². The van der Waals surface area contributed by atoms with E-state index in [1.165, 1.54) is 0 Å². The number of esters is 6. The lowest BCUT2D eigenvalue weighted by molar-refractivity contribution is -0.163. The number of aromatic nitrogens is 1. The molecule has 1 fully saturated rings. The van der Waals surface area contributed by atoms with E-state index in [0.29, 0.717) is 83.9 Å². The molecular formula is C60H102N8O15. The first-order valence-corrected chi connectivity index (χ1v) is 29.2. The third-order valence-corrected chi connectivity index (χ3v) is 11.7. The Morgan fingerprint density at radius 3 is 1.40 bits per heavy atom. The van der Waals surface area contributed by atoms with Crippen molar-refractivity contribution in [1.82, 2.24) is 41.0 Å². The standard InChI is InChI=1S/C60H102N8O15/c1-55(2,3)78-48(71)30-26-44(52(75)82-59(13,14)15)65-54(77)64-43(51(74)81-58(10,11)12)25-28-46(69)61-31-20-19-21-32-62-47(70)29-27-45(53(76)83-60(16,17)18)68-37-35-66(33-34-67(36-38-68)40-49(72)79-56(4,5)6)39-41-23-22-24-42(63-41)50(73)80-57(7,8)9/h22-24,43-45H,19-21,25-40H2,1-18H3,(H,61,69)(H,62,70)(H2,64,65,77)/t43-,44-,45?/m0/s1. The fourth-order valence-electron chi connectivity index (χ4n) is 8.26. The van der Waals surface area contributed by atoms with E-state index in [1.54, 1.807) is 116 Å². The van der Waals surface area contributed by atoms with Crippen LogP contribution in [0.25, 0.3) is 0 Å². The number of pyridine rings is 1. The summed E-state index contributed by atoms with van der Waals surface area (Å²) >= 11 is 0. The van der Waals surface area contributed by atoms with Gasteiger partial charge in [0.25, 0.3) is 0 Å². The van der Waals surface area contributed by atoms with Gasteiger partial charge in [-0.3, -0.25) is 38.7 Å². The molecule has 1 aliphatic heterocycles. The highest BCUT2D eigenvalue weighted by atomic mass is 16.6. The van der Waals surface area contributed by atoms with Crippen LogP contribution < -0.4 is 21.3 Å². The topological polar surface area (TPSA) is 280 Å². The highest BCUT2D eigenvalue weighted by molar-refractivity contribution is 5.89. The maximum atomic E-state index is 14.1. The van der Waals surface area contributed by atoms with E-state index in [2.05, 4.69) is 31.2 Å². The number of unbranched alkanes of at least 4 members (excludes halogenated alkanes) is 2. The second kappa shape index (κ2) is 32.9. The first-order chi connectivity index (χ1) is 38.0. The Morgan fingerprint density at radius 2 is 0.904 bits per heavy atom. The fraction of sp³-hybridized carbons (Fsp3) is 0.767. The number of urea groups is 1. The summed E-state index contributed by atoms with van der Waals surface area (Å²) in [5.41, 5.74) is -3.94. The summed E-state index contributed by atoms with van der Waals surface area (Å²) in [7, 11) is 0. The molecule has 0 aliphatic carbocycles. The van der Waals surface area contributed by atoms with Crippen LogP contribution in [0.4, 0.5) is 4.79 Å². The Balaban J connectivity index is 2.07. The molecule has 1 saturated heterocycles. The second-order valence-electron chi connectivity index (χ2n) is 27.0. The predicted octanol–water partition coefficient (Wildman–Crippen LogP) is 6.31. The van der Waals surface area contributed by atoms with E-state index in [-0.39, 0.29) is 68.5 Å². The van der Waals surface area contributed by atoms with Crippen LogP contribution >= 0.6 is 0 Å². The van der Waals surface area contributed by atoms with Crippen molar-refractivity contribution in [2.45, 2.75) is 241 Å². The van der Waals surface area contributed by atoms with E-state index in [4.69, 9.17) is 28.4 Å². The number of nitrogens with zero attached hydrogens (tertiary/aromatic N) is 4. The van der Waals surface area contributed by atoms with Crippen molar-refractivity contribution in [3.05, 3.63) is 29.6 Å². The maximum absolute atomic E-state index is 14.1. The molecule has 0 spiro atoms. The number of rotatable bonds is 26. The number of amides is 4. The molecule has 2 rings (SSSR count). The van der Waals surface area contributed by atoms with Crippen molar-refractivity contribution in [3.63, 3.8) is 0 Å². The Hall–Kier alpha value is -5.94. The average molecular weight is 1180 g/mol. The molecule has 4 amide bonds. The lowest BCUT2D eigenvalue weighted by Gasteiger charge is -2.33. The Kier molecular flexibility index (Phi) is 29.0. The van der Waals surface area contributed by atoms with Gasteiger partial charge in [0.05, 0.1) is 12.2 Å². The molecule has 472 valence electrons. The molecule has 23 nitrogen and oxygen atoms in total. The number of carbonyl (C=O) groups excluding carboxylic acids is 9. The summed E-state index contributed by atoms with van der Waals surface area (Å²) in [6.07, 6.45) is 1.40. The highest BCUT2D eigenvalue weighted by Gasteiger charge is 2.35. The first-order valence-electron chi connectivity index (χ1n) is 29.2. The smallest absolute Gasteiger partial charge is 0.357 e. The first kappa shape index (κ1) is 73.2. The molecule has 1 aliphatic rings. The van der Waals surface area contributed by atoms with Gasteiger partial charge in [0.15, 0.2) is 0 Å². The van der Waals surface area contributed by atoms with Gasteiger partial charge in [0.2, 0.25) is 11.8 Å². The highest BCUT2D eigenvalue weighted by Crippen LogP contribution is 2.20. The number of hydrogen-bond donors (Lipinski definition) is 4. The Morgan fingerprint density at radius 1 is 0.482 bits per heavy atom. The quantitative estimate of drug-likeness (QED) is 0.0449. The molecule has 0 saturated carbocycles. The van der Waals surface area contributed by atoms with Crippen LogP contribution in [0.5, 0.6) is 0 Å². The summed E-state index contributed by atoms with van der Waals surface area (Å²) < 4.78 is 33.6. The minimum atomic E-state index is -1.27. The fourth-order valence-corrected chi connectivity index (χ4v) is 8.26. The lowest BCUT2D eigenvalue weighted by Crippen LogP contribution is -2.53. The Labute approximate surface area is 493 Å². The van der Waals surface area contributed by atoms with Crippen molar-refractivity contribution < 1.29 is 71.6 Å². The van der Waals surface area contributed by atoms with Crippen LogP contribution in [0.1, 0.15) is 199 Å². The molecule has 1 aromatic heterocycles. The van der Waals surface area contributed by atoms with Gasteiger partial charge in [-0.1, -0.05) is 6.07 Å². The van der Waals surface area contributed by atoms with Gasteiger partial charge in [-0.15, -0.1) is 0 Å². The van der Waals surface area contributed by atoms with Crippen molar-refractivity contribution in [2.24, 2.45) is 0 Å². The summed E-state index contributed by atoms with van der Waals surface area (Å²) in [6, 6.07) is 0.962. The van der Waals surface area contributed by atoms with Gasteiger partial charge < -0.3 is 49.7 Å². The molecule has 23 heteroatoms. The summed E-state index contributed by atoms with van der Waals surface area (Å²) in [6.45, 7) is 35.1. The van der Waals surface area contributed by atoms with Gasteiger partial charge >= 0.3 is 41.8 Å². The summed E-state index contributed by atoms with van der Waals surface area (Å²) in [5.74, 6) is -4.15. The van der Waals surface area contributed by atoms with Crippen LogP contribution in [0.15, 0.2) is 18.2 Å². The lowest BCUT2D eigenvalue weighted by atomic mass is 10.1. The van der Waals surface area contributed by atoms with Crippen LogP contribution in [0.3, 0.4) is 0 Å². The van der Waals surface area contributed by atoms with Crippen molar-refractivity contribution in [3.8, 4) is 0 Å². The van der Waals surface area contributed by atoms with E-state index in [0.717, 1.165) is 0 Å². The minimum absolute atomic E-state index is 0.0243. The van der Waals surface area contributed by atoms with Gasteiger partial charge in [-0.2, -0.15) is 0 Å². The second-order valence-corrected chi connectivity index (χ2v) is 27.0. The molecule has 0 bridgehead atoms. The molecule has 3 atom stereocenters. The van der Waals surface area contributed by atoms with E-state index < -0.39 is 87.6 Å². The molecule has 1 aromatic rings. The maximum Gasteiger partial charge on any atom is 0.357 e. The number of hydrogen-bond acceptors (Lipinski definition) is 19. The third-order valence-electron chi connectivity index (χ3n) is 11.7. The molecule has 4 N–H and O–H groups in total. The third kappa shape index (κ3) is 34.4. The predicted molar refractivity (Wildman–Crippen MR) is 313 cm³/mol. The normalized spacial score (nSPS) is 15.6. The number of carbonyl (C=O) groups is 9. The average Bonchev–Trinajstić information content (AvgIpc) is 3.72. The van der Waals surface area contributed by atoms with Crippen LogP contribution in [0, 0.1) is 0 Å². The number of ether oxygens (including phenoxy) is 6. The zero-order valence-corrected chi connectivity index (χ0v) is 53.3. The van der Waals surface area contributed by atoms with Crippen LogP contribution in [-0.4, -0.2) is 184 Å². The summed E-state index contributed by atoms with van der Waals surface area (Å²) in [4.78, 5) is 130. The van der Waals surface area contributed by atoms with Gasteiger partial charge in [-0.05, 0) is 175 Å². The van der Waals surface area contributed by atoms with Crippen LogP contribution in [-0.2, 0) is 68.5 Å². The molecule has 0 radical (unpaired) electrons. The number of nitrogens with one attached hydrogen (secondary N) is 4. The zero-order chi connectivity index (χ0) is 63.1. The van der Waals surface area contributed by atoms with Crippen molar-refractivity contribution >= 4 is 53.7 Å². The van der Waals surface area contributed by atoms with E-state index in [9.17, 15) is 43.2 Å². The van der Waals surface area contributed by atoms with E-state index in [1.807, 2.05) is 36.6 Å². The molecular weight excluding hydrogens is 1070 g/mol. The Bertz CT molecular complexity index is 2300. The molecule has 1 unspecified atom stereocenters. The minimum Gasteiger partial charge on any atom is -0.460 e. The van der Waals surface area contributed by atoms with Gasteiger partial charge in [-0.25, -0.2) is 24.2 Å². The SMILES string of the molecule is CC(C)(C)OC(=O)CC[C@H](NC(=O)N[C@@H](CCC(=O)NCCCCCNC(=O)CCC(C(=O)OC(C)(C)C)N1CCN(CC(=O)OC(C)(C)C)CCN(Cc2cccc(C(=O)OC(C)(C)C)n2)CC1)C(=O)OC(C)(C)C)C(=O)OC(C)(C)C. The molecule has 83 heavy (non-hydrogen) atoms. The molecule has 2 heterocycles. The molecule has 0 aromatic carbocycles. The monoisotopic (exact) mass is 1170 g/mol. The van der Waals surface area contributed by atoms with Crippen LogP contribution in [0.2, 0.25) is 0 Å².